The Morgan fingerprint density at radius 1 is 1.12 bits per heavy atom. The monoisotopic (exact) mass is 240 g/mol. The zero-order chi connectivity index (χ0) is 12.8. The molecule has 1 aliphatic carbocycles. The molecule has 1 fully saturated rings. The average Bonchev–Trinajstić information content (AvgIpc) is 2.23. The first-order valence-electron chi connectivity index (χ1n) is 7.47. The van der Waals surface area contributed by atoms with Crippen LogP contribution in [0.4, 0.5) is 0 Å². The third kappa shape index (κ3) is 5.39. The molecule has 0 aromatic carbocycles. The van der Waals surface area contributed by atoms with Gasteiger partial charge in [-0.05, 0) is 56.0 Å². The molecule has 17 heavy (non-hydrogen) atoms. The highest BCUT2D eigenvalue weighted by Gasteiger charge is 2.20. The summed E-state index contributed by atoms with van der Waals surface area (Å²) in [4.78, 5) is 0. The van der Waals surface area contributed by atoms with Gasteiger partial charge in [0.25, 0.3) is 0 Å². The molecule has 0 spiro atoms. The summed E-state index contributed by atoms with van der Waals surface area (Å²) in [6.07, 6.45) is 5.15. The standard InChI is InChI=1S/C15H32N2/c1-11(2)15(12(3)4)10-17-9-13-6-5-7-14(16)8-13/h11-15,17H,5-10,16H2,1-4H3. The van der Waals surface area contributed by atoms with Gasteiger partial charge in [-0.25, -0.2) is 0 Å². The number of rotatable bonds is 6. The second-order valence-electron chi connectivity index (χ2n) is 6.60. The lowest BCUT2D eigenvalue weighted by Crippen LogP contribution is -2.36. The van der Waals surface area contributed by atoms with E-state index in [1.54, 1.807) is 0 Å². The Bertz CT molecular complexity index is 193. The first-order chi connectivity index (χ1) is 8.00. The van der Waals surface area contributed by atoms with Crippen molar-refractivity contribution in [2.75, 3.05) is 13.1 Å². The SMILES string of the molecule is CC(C)C(CNCC1CCCC(N)C1)C(C)C. The van der Waals surface area contributed by atoms with Gasteiger partial charge in [0, 0.05) is 6.04 Å². The summed E-state index contributed by atoms with van der Waals surface area (Å²) >= 11 is 0. The minimum atomic E-state index is 0.460. The summed E-state index contributed by atoms with van der Waals surface area (Å²) in [5, 5.41) is 3.68. The average molecular weight is 240 g/mol. The molecular formula is C15H32N2. The van der Waals surface area contributed by atoms with Crippen LogP contribution in [0.2, 0.25) is 0 Å². The van der Waals surface area contributed by atoms with Crippen molar-refractivity contribution in [1.29, 1.82) is 0 Å². The minimum Gasteiger partial charge on any atom is -0.328 e. The topological polar surface area (TPSA) is 38.0 Å². The maximum absolute atomic E-state index is 6.03. The molecule has 1 aliphatic rings. The number of nitrogens with two attached hydrogens (primary N) is 1. The molecule has 102 valence electrons. The van der Waals surface area contributed by atoms with Crippen molar-refractivity contribution < 1.29 is 0 Å². The van der Waals surface area contributed by atoms with E-state index in [9.17, 15) is 0 Å². The molecule has 2 heteroatoms. The van der Waals surface area contributed by atoms with Crippen molar-refractivity contribution in [3.8, 4) is 0 Å². The van der Waals surface area contributed by atoms with Gasteiger partial charge in [-0.15, -0.1) is 0 Å². The van der Waals surface area contributed by atoms with Crippen LogP contribution in [0.5, 0.6) is 0 Å². The van der Waals surface area contributed by atoms with Gasteiger partial charge in [0.2, 0.25) is 0 Å². The molecule has 2 nitrogen and oxygen atoms in total. The first-order valence-corrected chi connectivity index (χ1v) is 7.47. The molecule has 3 N–H and O–H groups in total. The Balaban J connectivity index is 2.21. The van der Waals surface area contributed by atoms with Crippen molar-refractivity contribution in [1.82, 2.24) is 5.32 Å². The highest BCUT2D eigenvalue weighted by atomic mass is 14.9. The van der Waals surface area contributed by atoms with Crippen molar-refractivity contribution >= 4 is 0 Å². The van der Waals surface area contributed by atoms with Crippen LogP contribution in [-0.2, 0) is 0 Å². The zero-order valence-electron chi connectivity index (χ0n) is 12.2. The molecule has 0 bridgehead atoms. The van der Waals surface area contributed by atoms with Gasteiger partial charge in [-0.1, -0.05) is 34.1 Å². The third-order valence-electron chi connectivity index (χ3n) is 4.35. The van der Waals surface area contributed by atoms with E-state index in [4.69, 9.17) is 5.73 Å². The van der Waals surface area contributed by atoms with Gasteiger partial charge in [0.05, 0.1) is 0 Å². The lowest BCUT2D eigenvalue weighted by atomic mass is 9.84. The van der Waals surface area contributed by atoms with Crippen molar-refractivity contribution in [2.24, 2.45) is 29.4 Å². The van der Waals surface area contributed by atoms with E-state index in [0.29, 0.717) is 6.04 Å². The Morgan fingerprint density at radius 2 is 1.76 bits per heavy atom. The fraction of sp³-hybridized carbons (Fsp3) is 1.00. The molecule has 0 saturated heterocycles. The van der Waals surface area contributed by atoms with E-state index in [2.05, 4.69) is 33.0 Å². The molecule has 2 unspecified atom stereocenters. The summed E-state index contributed by atoms with van der Waals surface area (Å²) in [5.74, 6) is 3.17. The van der Waals surface area contributed by atoms with Crippen LogP contribution in [0, 0.1) is 23.7 Å². The van der Waals surface area contributed by atoms with Gasteiger partial charge in [-0.3, -0.25) is 0 Å². The Hall–Kier alpha value is -0.0800. The van der Waals surface area contributed by atoms with Crippen molar-refractivity contribution in [2.45, 2.75) is 59.4 Å². The molecule has 1 rings (SSSR count). The molecule has 0 aromatic rings. The second kappa shape index (κ2) is 7.38. The summed E-state index contributed by atoms with van der Waals surface area (Å²) in [5.41, 5.74) is 6.03. The molecule has 1 saturated carbocycles. The molecule has 0 aromatic heterocycles. The lowest BCUT2D eigenvalue weighted by molar-refractivity contribution is 0.255. The van der Waals surface area contributed by atoms with Gasteiger partial charge >= 0.3 is 0 Å². The first kappa shape index (κ1) is 15.0. The smallest absolute Gasteiger partial charge is 0.00419 e. The van der Waals surface area contributed by atoms with E-state index in [-0.39, 0.29) is 0 Å². The number of hydrogen-bond acceptors (Lipinski definition) is 2. The van der Waals surface area contributed by atoms with Crippen LogP contribution in [0.25, 0.3) is 0 Å². The second-order valence-corrected chi connectivity index (χ2v) is 6.60. The van der Waals surface area contributed by atoms with Crippen LogP contribution < -0.4 is 11.1 Å². The largest absolute Gasteiger partial charge is 0.328 e. The maximum atomic E-state index is 6.03. The Labute approximate surface area is 108 Å². The quantitative estimate of drug-likeness (QED) is 0.749. The predicted octanol–water partition coefficient (Wildman–Crippen LogP) is 3.02. The minimum absolute atomic E-state index is 0.460. The molecular weight excluding hydrogens is 208 g/mol. The van der Waals surface area contributed by atoms with E-state index >= 15 is 0 Å². The molecule has 0 heterocycles. The summed E-state index contributed by atoms with van der Waals surface area (Å²) in [6.45, 7) is 11.7. The molecule has 2 atom stereocenters. The molecule has 0 amide bonds. The van der Waals surface area contributed by atoms with Crippen LogP contribution in [0.3, 0.4) is 0 Å². The van der Waals surface area contributed by atoms with Crippen molar-refractivity contribution in [3.63, 3.8) is 0 Å². The van der Waals surface area contributed by atoms with E-state index in [1.807, 2.05) is 0 Å². The van der Waals surface area contributed by atoms with Crippen molar-refractivity contribution in [3.05, 3.63) is 0 Å². The Kier molecular flexibility index (Phi) is 6.50. The summed E-state index contributed by atoms with van der Waals surface area (Å²) in [7, 11) is 0. The van der Waals surface area contributed by atoms with Crippen LogP contribution in [0.15, 0.2) is 0 Å². The predicted molar refractivity (Wildman–Crippen MR) is 76.0 cm³/mol. The highest BCUT2D eigenvalue weighted by molar-refractivity contribution is 4.77. The van der Waals surface area contributed by atoms with E-state index in [0.717, 1.165) is 23.7 Å². The van der Waals surface area contributed by atoms with E-state index < -0.39 is 0 Å². The van der Waals surface area contributed by atoms with Crippen LogP contribution in [0.1, 0.15) is 53.4 Å². The maximum Gasteiger partial charge on any atom is 0.00419 e. The molecule has 0 aliphatic heterocycles. The zero-order valence-corrected chi connectivity index (χ0v) is 12.2. The number of nitrogens with one attached hydrogen (secondary N) is 1. The van der Waals surface area contributed by atoms with E-state index in [1.165, 1.54) is 38.8 Å². The van der Waals surface area contributed by atoms with Crippen LogP contribution >= 0.6 is 0 Å². The number of hydrogen-bond donors (Lipinski definition) is 2. The Morgan fingerprint density at radius 3 is 2.29 bits per heavy atom. The third-order valence-corrected chi connectivity index (χ3v) is 4.35. The van der Waals surface area contributed by atoms with Gasteiger partial charge in [0.1, 0.15) is 0 Å². The van der Waals surface area contributed by atoms with Gasteiger partial charge < -0.3 is 11.1 Å². The summed E-state index contributed by atoms with van der Waals surface area (Å²) in [6, 6.07) is 0.460. The fourth-order valence-corrected chi connectivity index (χ4v) is 3.21. The summed E-state index contributed by atoms with van der Waals surface area (Å²) < 4.78 is 0. The highest BCUT2D eigenvalue weighted by Crippen LogP contribution is 2.23. The van der Waals surface area contributed by atoms with Gasteiger partial charge in [0.15, 0.2) is 0 Å². The van der Waals surface area contributed by atoms with Crippen LogP contribution in [-0.4, -0.2) is 19.1 Å². The fourth-order valence-electron chi connectivity index (χ4n) is 3.21. The molecule has 0 radical (unpaired) electrons. The lowest BCUT2D eigenvalue weighted by Gasteiger charge is -2.29. The normalized spacial score (nSPS) is 26.1. The van der Waals surface area contributed by atoms with Gasteiger partial charge in [-0.2, -0.15) is 0 Å².